The van der Waals surface area contributed by atoms with Gasteiger partial charge >= 0.3 is 6.09 Å². The number of H-pyrrole nitrogens is 1. The summed E-state index contributed by atoms with van der Waals surface area (Å²) in [5.41, 5.74) is 4.03. The number of rotatable bonds is 3. The van der Waals surface area contributed by atoms with Gasteiger partial charge in [-0.1, -0.05) is 0 Å². The highest BCUT2D eigenvalue weighted by atomic mass is 16.6. The summed E-state index contributed by atoms with van der Waals surface area (Å²) in [7, 11) is 0. The number of ether oxygens (including phenoxy) is 1. The third kappa shape index (κ3) is 2.62. The number of amides is 2. The number of aromatic amines is 1. The largest absolute Gasteiger partial charge is 0.447 e. The molecule has 0 spiro atoms. The van der Waals surface area contributed by atoms with E-state index in [1.165, 1.54) is 0 Å². The minimum absolute atomic E-state index is 0.206. The summed E-state index contributed by atoms with van der Waals surface area (Å²) in [5, 5.41) is 10.0. The molecule has 1 aliphatic carbocycles. The summed E-state index contributed by atoms with van der Waals surface area (Å²) in [6.07, 6.45) is 3.74. The first-order chi connectivity index (χ1) is 11.7. The highest BCUT2D eigenvalue weighted by Gasteiger charge is 2.24. The number of aromatic nitrogens is 2. The molecule has 2 N–H and O–H groups in total. The van der Waals surface area contributed by atoms with Crippen molar-refractivity contribution < 1.29 is 14.3 Å². The highest BCUT2D eigenvalue weighted by molar-refractivity contribution is 6.04. The fraction of sp³-hybridized carbons (Fsp3) is 0.353. The Morgan fingerprint density at radius 3 is 2.75 bits per heavy atom. The van der Waals surface area contributed by atoms with Crippen LogP contribution in [0, 0.1) is 0 Å². The van der Waals surface area contributed by atoms with Crippen molar-refractivity contribution in [3.05, 3.63) is 41.2 Å². The topological polar surface area (TPSA) is 87.3 Å². The molecule has 0 radical (unpaired) electrons. The molecule has 1 fully saturated rings. The Hall–Kier alpha value is -2.83. The maximum Gasteiger partial charge on any atom is 0.414 e. The van der Waals surface area contributed by atoms with Crippen molar-refractivity contribution in [1.82, 2.24) is 10.2 Å². The smallest absolute Gasteiger partial charge is 0.414 e. The Morgan fingerprint density at radius 2 is 2.00 bits per heavy atom. The van der Waals surface area contributed by atoms with Crippen molar-refractivity contribution in [3.8, 4) is 0 Å². The molecular formula is C17H18N4O3. The summed E-state index contributed by atoms with van der Waals surface area (Å²) < 4.78 is 4.92. The molecule has 0 unspecified atom stereocenters. The molecule has 1 saturated heterocycles. The number of hydrogen-bond acceptors (Lipinski definition) is 4. The van der Waals surface area contributed by atoms with E-state index in [0.717, 1.165) is 42.6 Å². The van der Waals surface area contributed by atoms with Crippen LogP contribution < -0.4 is 10.2 Å². The number of benzene rings is 1. The predicted molar refractivity (Wildman–Crippen MR) is 88.3 cm³/mol. The monoisotopic (exact) mass is 326 g/mol. The molecule has 2 heterocycles. The van der Waals surface area contributed by atoms with Crippen molar-refractivity contribution in [2.45, 2.75) is 25.7 Å². The maximum absolute atomic E-state index is 12.5. The second-order valence-corrected chi connectivity index (χ2v) is 6.00. The summed E-state index contributed by atoms with van der Waals surface area (Å²) in [6.45, 7) is 0.950. The molecule has 124 valence electrons. The zero-order chi connectivity index (χ0) is 16.5. The van der Waals surface area contributed by atoms with Gasteiger partial charge in [0, 0.05) is 22.6 Å². The molecule has 1 aliphatic heterocycles. The van der Waals surface area contributed by atoms with Crippen LogP contribution in [-0.2, 0) is 17.6 Å². The maximum atomic E-state index is 12.5. The van der Waals surface area contributed by atoms with Gasteiger partial charge in [0.15, 0.2) is 5.69 Å². The van der Waals surface area contributed by atoms with Gasteiger partial charge in [0.05, 0.1) is 6.54 Å². The Labute approximate surface area is 139 Å². The average molecular weight is 326 g/mol. The normalized spacial score (nSPS) is 16.7. The van der Waals surface area contributed by atoms with Crippen LogP contribution in [0.3, 0.4) is 0 Å². The van der Waals surface area contributed by atoms with Gasteiger partial charge in [-0.05, 0) is 49.9 Å². The molecule has 0 saturated carbocycles. The Bertz CT molecular complexity index is 782. The van der Waals surface area contributed by atoms with Crippen LogP contribution in [-0.4, -0.2) is 35.3 Å². The van der Waals surface area contributed by atoms with Crippen molar-refractivity contribution in [3.63, 3.8) is 0 Å². The lowest BCUT2D eigenvalue weighted by atomic mass is 9.96. The van der Waals surface area contributed by atoms with Gasteiger partial charge in [-0.25, -0.2) is 4.79 Å². The Kier molecular flexibility index (Phi) is 3.68. The zero-order valence-electron chi connectivity index (χ0n) is 13.2. The fourth-order valence-corrected chi connectivity index (χ4v) is 3.21. The Balaban J connectivity index is 1.48. The quantitative estimate of drug-likeness (QED) is 0.907. The summed E-state index contributed by atoms with van der Waals surface area (Å²) in [6, 6.07) is 7.14. The van der Waals surface area contributed by atoms with E-state index in [2.05, 4.69) is 15.5 Å². The molecular weight excluding hydrogens is 308 g/mol. The second-order valence-electron chi connectivity index (χ2n) is 6.00. The minimum atomic E-state index is -0.338. The lowest BCUT2D eigenvalue weighted by molar-refractivity contribution is 0.102. The van der Waals surface area contributed by atoms with Crippen LogP contribution in [0.4, 0.5) is 16.2 Å². The van der Waals surface area contributed by atoms with Crippen LogP contribution in [0.15, 0.2) is 24.3 Å². The van der Waals surface area contributed by atoms with Gasteiger partial charge in [-0.2, -0.15) is 5.10 Å². The third-order valence-corrected chi connectivity index (χ3v) is 4.47. The van der Waals surface area contributed by atoms with E-state index in [-0.39, 0.29) is 12.0 Å². The summed E-state index contributed by atoms with van der Waals surface area (Å²) >= 11 is 0. The molecule has 24 heavy (non-hydrogen) atoms. The third-order valence-electron chi connectivity index (χ3n) is 4.47. The van der Waals surface area contributed by atoms with Crippen LogP contribution >= 0.6 is 0 Å². The van der Waals surface area contributed by atoms with Crippen molar-refractivity contribution in [2.24, 2.45) is 0 Å². The Morgan fingerprint density at radius 1 is 1.21 bits per heavy atom. The number of nitrogens with zero attached hydrogens (tertiary/aromatic N) is 2. The average Bonchev–Trinajstić information content (AvgIpc) is 3.22. The van der Waals surface area contributed by atoms with E-state index < -0.39 is 0 Å². The summed E-state index contributed by atoms with van der Waals surface area (Å²) in [4.78, 5) is 25.6. The van der Waals surface area contributed by atoms with Gasteiger partial charge in [-0.15, -0.1) is 0 Å². The van der Waals surface area contributed by atoms with Crippen molar-refractivity contribution in [2.75, 3.05) is 23.4 Å². The van der Waals surface area contributed by atoms with E-state index in [4.69, 9.17) is 4.74 Å². The lowest BCUT2D eigenvalue weighted by Crippen LogP contribution is -2.23. The highest BCUT2D eigenvalue weighted by Crippen LogP contribution is 2.24. The van der Waals surface area contributed by atoms with Gasteiger partial charge in [0.2, 0.25) is 0 Å². The van der Waals surface area contributed by atoms with Gasteiger partial charge in [0.1, 0.15) is 6.61 Å². The molecule has 1 aromatic heterocycles. The van der Waals surface area contributed by atoms with Crippen LogP contribution in [0.2, 0.25) is 0 Å². The van der Waals surface area contributed by atoms with Crippen LogP contribution in [0.5, 0.6) is 0 Å². The number of carbonyl (C=O) groups excluding carboxylic acids is 2. The van der Waals surface area contributed by atoms with Gasteiger partial charge in [0.25, 0.3) is 5.91 Å². The van der Waals surface area contributed by atoms with Crippen LogP contribution in [0.1, 0.15) is 34.6 Å². The van der Waals surface area contributed by atoms with E-state index >= 15 is 0 Å². The molecule has 2 amide bonds. The molecule has 7 nitrogen and oxygen atoms in total. The number of carbonyl (C=O) groups is 2. The zero-order valence-corrected chi connectivity index (χ0v) is 13.2. The molecule has 1 aromatic carbocycles. The first kappa shape index (κ1) is 14.7. The standard InChI is InChI=1S/C17H18N4O3/c22-16(15-13-3-1-2-4-14(13)19-20-15)18-11-5-7-12(8-6-11)21-9-10-24-17(21)23/h5-8H,1-4,9-10H2,(H,18,22)(H,19,20). The molecule has 7 heteroatoms. The number of anilines is 2. The van der Waals surface area contributed by atoms with E-state index in [1.807, 2.05) is 0 Å². The first-order valence-corrected chi connectivity index (χ1v) is 8.14. The number of nitrogens with one attached hydrogen (secondary N) is 2. The van der Waals surface area contributed by atoms with E-state index in [9.17, 15) is 9.59 Å². The SMILES string of the molecule is O=C(Nc1ccc(N2CCOC2=O)cc1)c1n[nH]c2c1CCCC2. The van der Waals surface area contributed by atoms with E-state index in [1.54, 1.807) is 29.2 Å². The van der Waals surface area contributed by atoms with Gasteiger partial charge in [-0.3, -0.25) is 14.8 Å². The number of hydrogen-bond donors (Lipinski definition) is 2. The van der Waals surface area contributed by atoms with Gasteiger partial charge < -0.3 is 10.1 Å². The second kappa shape index (κ2) is 5.99. The fourth-order valence-electron chi connectivity index (χ4n) is 3.21. The predicted octanol–water partition coefficient (Wildman–Crippen LogP) is 2.50. The number of cyclic esters (lactones) is 1. The lowest BCUT2D eigenvalue weighted by Gasteiger charge is -2.13. The van der Waals surface area contributed by atoms with Crippen LogP contribution in [0.25, 0.3) is 0 Å². The number of fused-ring (bicyclic) bond motifs is 1. The van der Waals surface area contributed by atoms with Crippen molar-refractivity contribution >= 4 is 23.4 Å². The number of aryl methyl sites for hydroxylation is 1. The van der Waals surface area contributed by atoms with E-state index in [0.29, 0.717) is 24.5 Å². The molecule has 2 aliphatic rings. The molecule has 4 rings (SSSR count). The molecule has 0 bridgehead atoms. The molecule has 0 atom stereocenters. The summed E-state index contributed by atoms with van der Waals surface area (Å²) in [5.74, 6) is -0.206. The minimum Gasteiger partial charge on any atom is -0.447 e. The molecule has 2 aromatic rings. The van der Waals surface area contributed by atoms with Crippen molar-refractivity contribution in [1.29, 1.82) is 0 Å². The first-order valence-electron chi connectivity index (χ1n) is 8.14.